The quantitative estimate of drug-likeness (QED) is 0.798. The lowest BCUT2D eigenvalue weighted by Gasteiger charge is -2.32. The van der Waals surface area contributed by atoms with E-state index in [4.69, 9.17) is 9.88 Å². The van der Waals surface area contributed by atoms with Crippen LogP contribution in [0.4, 0.5) is 14.9 Å². The second kappa shape index (κ2) is 5.54. The van der Waals surface area contributed by atoms with Crippen molar-refractivity contribution in [2.45, 2.75) is 50.0 Å². The topological polar surface area (TPSA) is 112 Å². The maximum absolute atomic E-state index is 14.3. The predicted molar refractivity (Wildman–Crippen MR) is 100 cm³/mol. The summed E-state index contributed by atoms with van der Waals surface area (Å²) in [6.45, 7) is 4.21. The van der Waals surface area contributed by atoms with Crippen molar-refractivity contribution in [2.24, 2.45) is 9.50 Å². The lowest BCUT2D eigenvalue weighted by Crippen LogP contribution is -2.26. The number of urea groups is 1. The molecule has 8 nitrogen and oxygen atoms in total. The predicted octanol–water partition coefficient (Wildman–Crippen LogP) is 2.28. The molecule has 1 aromatic heterocycles. The molecule has 2 heterocycles. The lowest BCUT2D eigenvalue weighted by molar-refractivity contribution is 0.259. The van der Waals surface area contributed by atoms with E-state index < -0.39 is 21.5 Å². The fourth-order valence-corrected chi connectivity index (χ4v) is 4.98. The van der Waals surface area contributed by atoms with E-state index in [2.05, 4.69) is 14.8 Å². The molecule has 3 N–H and O–H groups in total. The number of ether oxygens (including phenoxy) is 1. The minimum Gasteiger partial charge on any atom is -0.474 e. The van der Waals surface area contributed by atoms with E-state index in [1.807, 2.05) is 13.8 Å². The summed E-state index contributed by atoms with van der Waals surface area (Å²) >= 11 is 0. The molecule has 1 aliphatic heterocycles. The summed E-state index contributed by atoms with van der Waals surface area (Å²) in [6, 6.07) is -0.820. The molecule has 5 rings (SSSR count). The molecule has 2 aromatic rings. The Morgan fingerprint density at radius 2 is 1.89 bits per heavy atom. The fourth-order valence-electron chi connectivity index (χ4n) is 4.00. The van der Waals surface area contributed by atoms with Crippen LogP contribution in [0.2, 0.25) is 0 Å². The summed E-state index contributed by atoms with van der Waals surface area (Å²) in [5.74, 6) is 0.124. The maximum atomic E-state index is 14.3. The molecule has 0 bridgehead atoms. The van der Waals surface area contributed by atoms with Gasteiger partial charge in [-0.1, -0.05) is 0 Å². The van der Waals surface area contributed by atoms with Gasteiger partial charge in [-0.25, -0.2) is 23.2 Å². The second-order valence-corrected chi connectivity index (χ2v) is 9.78. The Balaban J connectivity index is 1.48. The third kappa shape index (κ3) is 2.34. The van der Waals surface area contributed by atoms with Crippen LogP contribution in [0, 0.1) is 5.82 Å². The van der Waals surface area contributed by atoms with Crippen LogP contribution >= 0.6 is 0 Å². The number of nitrogens with zero attached hydrogens (tertiary/aromatic N) is 3. The molecule has 3 aliphatic rings. The largest absolute Gasteiger partial charge is 0.474 e. The third-order valence-corrected chi connectivity index (χ3v) is 7.05. The first-order chi connectivity index (χ1) is 13.2. The lowest BCUT2D eigenvalue weighted by atomic mass is 9.76. The summed E-state index contributed by atoms with van der Waals surface area (Å²) in [4.78, 5) is 12.6. The number of hydrogen-bond acceptors (Lipinski definition) is 4. The van der Waals surface area contributed by atoms with E-state index >= 15 is 0 Å². The minimum absolute atomic E-state index is 0.0911. The van der Waals surface area contributed by atoms with Gasteiger partial charge in [0.2, 0.25) is 5.88 Å². The minimum atomic E-state index is -3.55. The molecule has 1 aromatic carbocycles. The van der Waals surface area contributed by atoms with Crippen molar-refractivity contribution in [2.75, 3.05) is 11.9 Å². The molecule has 0 radical (unpaired) electrons. The highest BCUT2D eigenvalue weighted by atomic mass is 32.2. The fraction of sp³-hybridized carbons (Fsp3) is 0.444. The Kier molecular flexibility index (Phi) is 3.49. The van der Waals surface area contributed by atoms with Crippen LogP contribution in [-0.2, 0) is 41.1 Å². The van der Waals surface area contributed by atoms with Gasteiger partial charge < -0.3 is 10.1 Å². The summed E-state index contributed by atoms with van der Waals surface area (Å²) in [7, 11) is -3.55. The van der Waals surface area contributed by atoms with Gasteiger partial charge in [-0.3, -0.25) is 0 Å². The Morgan fingerprint density at radius 1 is 1.29 bits per heavy atom. The number of carbonyl (C=O) groups is 1. The van der Waals surface area contributed by atoms with Crippen LogP contribution in [0.1, 0.15) is 36.1 Å². The highest BCUT2D eigenvalue weighted by Crippen LogP contribution is 2.43. The molecule has 10 heteroatoms. The summed E-state index contributed by atoms with van der Waals surface area (Å²) < 4.78 is 38.1. The second-order valence-electron chi connectivity index (χ2n) is 8.02. The normalized spacial score (nSPS) is 19.9. The zero-order chi connectivity index (χ0) is 19.8. The molecule has 1 unspecified atom stereocenters. The van der Waals surface area contributed by atoms with Crippen molar-refractivity contribution >= 4 is 21.6 Å². The number of nitrogens with one attached hydrogen (secondary N) is 1. The van der Waals surface area contributed by atoms with Crippen molar-refractivity contribution in [3.63, 3.8) is 0 Å². The first kappa shape index (κ1) is 17.6. The van der Waals surface area contributed by atoms with Crippen LogP contribution in [-0.4, -0.2) is 26.6 Å². The number of benzene rings is 1. The smallest absolute Gasteiger partial charge is 0.354 e. The van der Waals surface area contributed by atoms with Crippen molar-refractivity contribution in [1.82, 2.24) is 9.78 Å². The van der Waals surface area contributed by atoms with Gasteiger partial charge >= 0.3 is 6.03 Å². The van der Waals surface area contributed by atoms with E-state index in [1.165, 1.54) is 6.20 Å². The van der Waals surface area contributed by atoms with Crippen LogP contribution in [0.25, 0.3) is 0 Å². The number of aromatic nitrogens is 2. The van der Waals surface area contributed by atoms with Gasteiger partial charge in [0, 0.05) is 5.69 Å². The van der Waals surface area contributed by atoms with Crippen molar-refractivity contribution in [1.29, 1.82) is 0 Å². The van der Waals surface area contributed by atoms with Crippen LogP contribution in [0.5, 0.6) is 5.88 Å². The average Bonchev–Trinajstić information content (AvgIpc) is 3.05. The molecule has 28 heavy (non-hydrogen) atoms. The van der Waals surface area contributed by atoms with Crippen molar-refractivity contribution in [3.8, 4) is 5.88 Å². The Hall–Kier alpha value is -2.46. The zero-order valence-corrected chi connectivity index (χ0v) is 16.4. The van der Waals surface area contributed by atoms with Gasteiger partial charge in [0.05, 0.1) is 11.7 Å². The van der Waals surface area contributed by atoms with Crippen molar-refractivity contribution < 1.29 is 18.1 Å². The van der Waals surface area contributed by atoms with E-state index in [9.17, 15) is 13.4 Å². The maximum Gasteiger partial charge on any atom is 0.354 e. The van der Waals surface area contributed by atoms with E-state index in [0.29, 0.717) is 49.1 Å². The molecule has 2 aliphatic carbocycles. The first-order valence-electron chi connectivity index (χ1n) is 9.11. The van der Waals surface area contributed by atoms with Gasteiger partial charge in [-0.15, -0.1) is 4.36 Å². The van der Waals surface area contributed by atoms with Crippen LogP contribution < -0.4 is 15.2 Å². The number of fused-ring (bicyclic) bond motifs is 3. The molecule has 1 atom stereocenters. The summed E-state index contributed by atoms with van der Waals surface area (Å²) in [5, 5.41) is 12.8. The Labute approximate surface area is 161 Å². The Bertz CT molecular complexity index is 1140. The van der Waals surface area contributed by atoms with Gasteiger partial charge in [-0.05, 0) is 61.8 Å². The Morgan fingerprint density at radius 3 is 2.46 bits per heavy atom. The SMILES string of the molecule is CC1(C)COc2c(S(N)(=O)=NC(=O)Nc3c4c(c(F)c5c3CC5)CC4)cnn21. The third-order valence-electron chi connectivity index (χ3n) is 5.71. The molecule has 0 saturated carbocycles. The molecule has 0 saturated heterocycles. The van der Waals surface area contributed by atoms with Crippen molar-refractivity contribution in [3.05, 3.63) is 34.3 Å². The highest BCUT2D eigenvalue weighted by molar-refractivity contribution is 7.91. The van der Waals surface area contributed by atoms with E-state index in [1.54, 1.807) is 4.68 Å². The van der Waals surface area contributed by atoms with Gasteiger partial charge in [0.25, 0.3) is 0 Å². The van der Waals surface area contributed by atoms with E-state index in [0.717, 1.165) is 11.1 Å². The summed E-state index contributed by atoms with van der Waals surface area (Å²) in [5.41, 5.74) is 3.13. The van der Waals surface area contributed by atoms with Crippen LogP contribution in [0.3, 0.4) is 0 Å². The molecular formula is C18H20FN5O3S. The van der Waals surface area contributed by atoms with Gasteiger partial charge in [0.1, 0.15) is 17.3 Å². The van der Waals surface area contributed by atoms with Gasteiger partial charge in [0.15, 0.2) is 9.92 Å². The molecule has 2 amide bonds. The molecule has 0 fully saturated rings. The highest BCUT2D eigenvalue weighted by Gasteiger charge is 2.37. The molecule has 0 spiro atoms. The van der Waals surface area contributed by atoms with E-state index in [-0.39, 0.29) is 16.6 Å². The standard InChI is InChI=1S/C18H20FN5O3S/c1-18(2)8-27-16-13(7-21-24(16)18)28(20,26)23-17(25)22-15-11-5-3-9(11)14(19)10-4-6-12(10)15/h7H,3-6,8H2,1-2H3,(H3,20,22,23,25,26). The number of rotatable bonds is 2. The van der Waals surface area contributed by atoms with Crippen LogP contribution in [0.15, 0.2) is 15.5 Å². The zero-order valence-electron chi connectivity index (χ0n) is 15.5. The number of nitrogens with two attached hydrogens (primary N) is 1. The first-order valence-corrected chi connectivity index (χ1v) is 10.7. The molecule has 148 valence electrons. The molecular weight excluding hydrogens is 385 g/mol. The number of hydrogen-bond donors (Lipinski definition) is 2. The summed E-state index contributed by atoms with van der Waals surface area (Å²) in [6.07, 6.45) is 4.06. The average molecular weight is 405 g/mol. The number of amides is 2. The number of carbonyl (C=O) groups excluding carboxylic acids is 1. The number of anilines is 1. The number of halogens is 1. The van der Waals surface area contributed by atoms with Gasteiger partial charge in [-0.2, -0.15) is 5.10 Å². The monoisotopic (exact) mass is 405 g/mol.